The van der Waals surface area contributed by atoms with Crippen LogP contribution in [-0.2, 0) is 9.53 Å². The zero-order valence-electron chi connectivity index (χ0n) is 5.39. The first-order chi connectivity index (χ1) is 4.10. The second-order valence-corrected chi connectivity index (χ2v) is 3.72. The van der Waals surface area contributed by atoms with E-state index in [1.54, 1.807) is 0 Å². The van der Waals surface area contributed by atoms with Crippen LogP contribution in [0.5, 0.6) is 0 Å². The summed E-state index contributed by atoms with van der Waals surface area (Å²) in [6.07, 6.45) is 1.30. The fourth-order valence-electron chi connectivity index (χ4n) is 0.835. The van der Waals surface area contributed by atoms with Gasteiger partial charge in [-0.25, -0.2) is 0 Å². The van der Waals surface area contributed by atoms with E-state index in [0.29, 0.717) is 13.0 Å². The number of ether oxygens (including phenoxy) is 1. The van der Waals surface area contributed by atoms with Crippen molar-refractivity contribution in [2.75, 3.05) is 6.61 Å². The van der Waals surface area contributed by atoms with Gasteiger partial charge in [-0.3, -0.25) is 4.79 Å². The van der Waals surface area contributed by atoms with E-state index in [1.807, 2.05) is 6.92 Å². The quantitative estimate of drug-likeness (QED) is 0.408. The molecule has 0 bridgehead atoms. The molecule has 0 amide bonds. The predicted octanol–water partition coefficient (Wildman–Crippen LogP) is 1.01. The number of cyclic esters (lactones) is 1. The third-order valence-electron chi connectivity index (χ3n) is 1.43. The number of esters is 1. The standard InChI is InChI=1S/C6H10O2S/c1-6(9)2-3-8-5(7)4-6/h9H,2-4H2,1H3. The van der Waals surface area contributed by atoms with Crippen LogP contribution in [0, 0.1) is 0 Å². The Balaban J connectivity index is 2.51. The van der Waals surface area contributed by atoms with Crippen LogP contribution in [0.3, 0.4) is 0 Å². The lowest BCUT2D eigenvalue weighted by molar-refractivity contribution is -0.147. The van der Waals surface area contributed by atoms with Gasteiger partial charge in [0, 0.05) is 4.75 Å². The van der Waals surface area contributed by atoms with Gasteiger partial charge in [0.15, 0.2) is 0 Å². The molecule has 0 N–H and O–H groups in total. The van der Waals surface area contributed by atoms with Gasteiger partial charge in [-0.1, -0.05) is 0 Å². The Morgan fingerprint density at radius 3 is 2.78 bits per heavy atom. The molecule has 9 heavy (non-hydrogen) atoms. The lowest BCUT2D eigenvalue weighted by Gasteiger charge is -2.26. The van der Waals surface area contributed by atoms with Crippen molar-refractivity contribution in [1.29, 1.82) is 0 Å². The van der Waals surface area contributed by atoms with Crippen LogP contribution in [0.2, 0.25) is 0 Å². The molecule has 1 fully saturated rings. The lowest BCUT2D eigenvalue weighted by atomic mass is 10.0. The summed E-state index contributed by atoms with van der Waals surface area (Å²) in [6.45, 7) is 2.48. The average molecular weight is 146 g/mol. The summed E-state index contributed by atoms with van der Waals surface area (Å²) in [5, 5.41) is 0. The van der Waals surface area contributed by atoms with Crippen LogP contribution < -0.4 is 0 Å². The minimum Gasteiger partial charge on any atom is -0.466 e. The summed E-state index contributed by atoms with van der Waals surface area (Å²) in [7, 11) is 0. The molecule has 3 heteroatoms. The van der Waals surface area contributed by atoms with Gasteiger partial charge in [-0.15, -0.1) is 0 Å². The van der Waals surface area contributed by atoms with E-state index in [2.05, 4.69) is 12.6 Å². The third-order valence-corrected chi connectivity index (χ3v) is 1.81. The van der Waals surface area contributed by atoms with E-state index in [-0.39, 0.29) is 10.7 Å². The molecule has 1 rings (SSSR count). The molecule has 0 aromatic rings. The Labute approximate surface area is 60.0 Å². The van der Waals surface area contributed by atoms with Crippen LogP contribution in [-0.4, -0.2) is 17.3 Å². The highest BCUT2D eigenvalue weighted by atomic mass is 32.1. The van der Waals surface area contributed by atoms with Gasteiger partial charge < -0.3 is 4.74 Å². The van der Waals surface area contributed by atoms with E-state index in [9.17, 15) is 4.79 Å². The maximum atomic E-state index is 10.6. The fraction of sp³-hybridized carbons (Fsp3) is 0.833. The Morgan fingerprint density at radius 2 is 2.44 bits per heavy atom. The van der Waals surface area contributed by atoms with E-state index >= 15 is 0 Å². The highest BCUT2D eigenvalue weighted by Crippen LogP contribution is 2.26. The molecule has 1 aliphatic rings. The maximum Gasteiger partial charge on any atom is 0.307 e. The van der Waals surface area contributed by atoms with Gasteiger partial charge in [0.2, 0.25) is 0 Å². The Morgan fingerprint density at radius 1 is 1.78 bits per heavy atom. The van der Waals surface area contributed by atoms with Crippen LogP contribution in [0.25, 0.3) is 0 Å². The van der Waals surface area contributed by atoms with Crippen molar-refractivity contribution in [2.45, 2.75) is 24.5 Å². The van der Waals surface area contributed by atoms with Crippen LogP contribution in [0.4, 0.5) is 0 Å². The van der Waals surface area contributed by atoms with Crippen LogP contribution >= 0.6 is 12.6 Å². The Kier molecular flexibility index (Phi) is 1.70. The summed E-state index contributed by atoms with van der Waals surface area (Å²) in [5.74, 6) is -0.126. The average Bonchev–Trinajstić information content (AvgIpc) is 1.60. The molecular weight excluding hydrogens is 136 g/mol. The molecule has 0 radical (unpaired) electrons. The topological polar surface area (TPSA) is 26.3 Å². The van der Waals surface area contributed by atoms with Gasteiger partial charge in [0.05, 0.1) is 13.0 Å². The minimum absolute atomic E-state index is 0.126. The first-order valence-corrected chi connectivity index (χ1v) is 3.43. The second kappa shape index (κ2) is 2.21. The van der Waals surface area contributed by atoms with Crippen molar-refractivity contribution in [1.82, 2.24) is 0 Å². The summed E-state index contributed by atoms with van der Waals surface area (Å²) < 4.78 is 4.60. The maximum absolute atomic E-state index is 10.6. The lowest BCUT2D eigenvalue weighted by Crippen LogP contribution is -2.30. The Hall–Kier alpha value is -0.180. The van der Waals surface area contributed by atoms with Gasteiger partial charge in [0.25, 0.3) is 0 Å². The summed E-state index contributed by atoms with van der Waals surface area (Å²) in [4.78, 5) is 10.6. The molecule has 0 aromatic carbocycles. The first kappa shape index (κ1) is 6.93. The van der Waals surface area contributed by atoms with Gasteiger partial charge in [0.1, 0.15) is 0 Å². The normalized spacial score (nSPS) is 36.0. The van der Waals surface area contributed by atoms with Crippen molar-refractivity contribution in [3.8, 4) is 0 Å². The molecule has 2 nitrogen and oxygen atoms in total. The number of carbonyl (C=O) groups is 1. The summed E-state index contributed by atoms with van der Waals surface area (Å²) >= 11 is 4.28. The van der Waals surface area contributed by atoms with Crippen molar-refractivity contribution in [3.63, 3.8) is 0 Å². The van der Waals surface area contributed by atoms with E-state index in [0.717, 1.165) is 6.42 Å². The fourth-order valence-corrected chi connectivity index (χ4v) is 1.06. The second-order valence-electron chi connectivity index (χ2n) is 2.64. The number of thiol groups is 1. The molecule has 0 aromatic heterocycles. The Bertz CT molecular complexity index is 131. The summed E-state index contributed by atoms with van der Waals surface area (Å²) in [6, 6.07) is 0. The molecular formula is C6H10O2S. The smallest absolute Gasteiger partial charge is 0.307 e. The predicted molar refractivity (Wildman–Crippen MR) is 37.6 cm³/mol. The number of hydrogen-bond donors (Lipinski definition) is 1. The van der Waals surface area contributed by atoms with Gasteiger partial charge in [-0.05, 0) is 13.3 Å². The van der Waals surface area contributed by atoms with Crippen molar-refractivity contribution < 1.29 is 9.53 Å². The van der Waals surface area contributed by atoms with Crippen LogP contribution in [0.1, 0.15) is 19.8 Å². The van der Waals surface area contributed by atoms with E-state index in [1.165, 1.54) is 0 Å². The van der Waals surface area contributed by atoms with Gasteiger partial charge >= 0.3 is 5.97 Å². The summed E-state index contributed by atoms with van der Waals surface area (Å²) in [5.41, 5.74) is 0. The van der Waals surface area contributed by atoms with E-state index in [4.69, 9.17) is 4.74 Å². The molecule has 0 spiro atoms. The number of carbonyl (C=O) groups excluding carboxylic acids is 1. The monoisotopic (exact) mass is 146 g/mol. The highest BCUT2D eigenvalue weighted by Gasteiger charge is 2.28. The molecule has 1 unspecified atom stereocenters. The molecule has 1 saturated heterocycles. The minimum atomic E-state index is -0.130. The molecule has 1 heterocycles. The SMILES string of the molecule is CC1(S)CCOC(=O)C1. The molecule has 0 aliphatic carbocycles. The largest absolute Gasteiger partial charge is 0.466 e. The molecule has 1 atom stereocenters. The van der Waals surface area contributed by atoms with Crippen molar-refractivity contribution in [3.05, 3.63) is 0 Å². The van der Waals surface area contributed by atoms with Crippen molar-refractivity contribution in [2.24, 2.45) is 0 Å². The molecule has 52 valence electrons. The zero-order valence-corrected chi connectivity index (χ0v) is 6.28. The number of rotatable bonds is 0. The molecule has 1 aliphatic heterocycles. The van der Waals surface area contributed by atoms with E-state index < -0.39 is 0 Å². The van der Waals surface area contributed by atoms with Crippen molar-refractivity contribution >= 4 is 18.6 Å². The van der Waals surface area contributed by atoms with Gasteiger partial charge in [-0.2, -0.15) is 12.6 Å². The zero-order chi connectivity index (χ0) is 6.91. The highest BCUT2D eigenvalue weighted by molar-refractivity contribution is 7.81. The molecule has 0 saturated carbocycles. The first-order valence-electron chi connectivity index (χ1n) is 2.98. The third kappa shape index (κ3) is 1.90. The van der Waals surface area contributed by atoms with Crippen LogP contribution in [0.15, 0.2) is 0 Å². The number of hydrogen-bond acceptors (Lipinski definition) is 3.